The fourth-order valence-corrected chi connectivity index (χ4v) is 1.59. The number of hydrogen-bond acceptors (Lipinski definition) is 3. The van der Waals surface area contributed by atoms with Crippen LogP contribution in [0.5, 0.6) is 0 Å². The maximum atomic E-state index is 11.9. The first-order chi connectivity index (χ1) is 9.19. The van der Waals surface area contributed by atoms with E-state index in [0.717, 1.165) is 5.56 Å². The first-order valence-corrected chi connectivity index (χ1v) is 5.72. The van der Waals surface area contributed by atoms with Crippen LogP contribution in [0.25, 0.3) is 6.08 Å². The van der Waals surface area contributed by atoms with Gasteiger partial charge in [0, 0.05) is 11.8 Å². The lowest BCUT2D eigenvalue weighted by atomic mass is 10.2. The standard InChI is InChI=1S/C15H12N2O2/c1-11-4-2-5-13(8-11)17-15(18)12(10-16)9-14-6-3-7-19-14/h2-9H,1H3,(H,17,18)/b12-9-. The fourth-order valence-electron chi connectivity index (χ4n) is 1.59. The highest BCUT2D eigenvalue weighted by molar-refractivity contribution is 6.09. The van der Waals surface area contributed by atoms with Crippen molar-refractivity contribution in [3.05, 3.63) is 59.6 Å². The first kappa shape index (κ1) is 12.7. The van der Waals surface area contributed by atoms with E-state index in [9.17, 15) is 4.79 Å². The molecule has 4 heteroatoms. The molecule has 0 saturated carbocycles. The molecule has 0 aliphatic rings. The van der Waals surface area contributed by atoms with Gasteiger partial charge in [0.05, 0.1) is 6.26 Å². The third-order valence-corrected chi connectivity index (χ3v) is 2.47. The highest BCUT2D eigenvalue weighted by Crippen LogP contribution is 2.12. The second kappa shape index (κ2) is 5.69. The molecule has 0 fully saturated rings. The number of rotatable bonds is 3. The number of aryl methyl sites for hydroxylation is 1. The molecule has 4 nitrogen and oxygen atoms in total. The van der Waals surface area contributed by atoms with Crippen LogP contribution in [-0.4, -0.2) is 5.91 Å². The lowest BCUT2D eigenvalue weighted by molar-refractivity contribution is -0.112. The van der Waals surface area contributed by atoms with Gasteiger partial charge in [0.15, 0.2) is 0 Å². The van der Waals surface area contributed by atoms with Crippen molar-refractivity contribution < 1.29 is 9.21 Å². The Labute approximate surface area is 111 Å². The first-order valence-electron chi connectivity index (χ1n) is 5.72. The van der Waals surface area contributed by atoms with Crippen LogP contribution in [0.15, 0.2) is 52.7 Å². The number of nitrogens with one attached hydrogen (secondary N) is 1. The third kappa shape index (κ3) is 3.33. The molecule has 0 radical (unpaired) electrons. The van der Waals surface area contributed by atoms with E-state index in [1.807, 2.05) is 31.2 Å². The number of benzene rings is 1. The minimum atomic E-state index is -0.454. The molecule has 0 bridgehead atoms. The number of nitriles is 1. The second-order valence-corrected chi connectivity index (χ2v) is 4.01. The molecule has 19 heavy (non-hydrogen) atoms. The molecular weight excluding hydrogens is 240 g/mol. The summed E-state index contributed by atoms with van der Waals surface area (Å²) in [5.41, 5.74) is 1.69. The zero-order valence-corrected chi connectivity index (χ0v) is 10.4. The van der Waals surface area contributed by atoms with Gasteiger partial charge in [0.25, 0.3) is 5.91 Å². The topological polar surface area (TPSA) is 66.0 Å². The van der Waals surface area contributed by atoms with Crippen molar-refractivity contribution in [3.8, 4) is 6.07 Å². The Hall–Kier alpha value is -2.80. The molecule has 0 aliphatic carbocycles. The summed E-state index contributed by atoms with van der Waals surface area (Å²) in [6, 6.07) is 12.6. The van der Waals surface area contributed by atoms with E-state index in [2.05, 4.69) is 5.32 Å². The molecular formula is C15H12N2O2. The van der Waals surface area contributed by atoms with Crippen LogP contribution in [0.4, 0.5) is 5.69 Å². The largest absolute Gasteiger partial charge is 0.465 e. The Morgan fingerprint density at radius 1 is 1.37 bits per heavy atom. The van der Waals surface area contributed by atoms with Gasteiger partial charge >= 0.3 is 0 Å². The van der Waals surface area contributed by atoms with E-state index in [0.29, 0.717) is 11.4 Å². The van der Waals surface area contributed by atoms with Crippen molar-refractivity contribution >= 4 is 17.7 Å². The van der Waals surface area contributed by atoms with Crippen LogP contribution in [0.1, 0.15) is 11.3 Å². The third-order valence-electron chi connectivity index (χ3n) is 2.47. The molecule has 1 N–H and O–H groups in total. The maximum Gasteiger partial charge on any atom is 0.266 e. The summed E-state index contributed by atoms with van der Waals surface area (Å²) in [6.07, 6.45) is 2.89. The van der Waals surface area contributed by atoms with Crippen molar-refractivity contribution in [2.24, 2.45) is 0 Å². The molecule has 2 aromatic rings. The van der Waals surface area contributed by atoms with Crippen molar-refractivity contribution in [2.75, 3.05) is 5.32 Å². The molecule has 1 amide bonds. The van der Waals surface area contributed by atoms with Crippen molar-refractivity contribution in [3.63, 3.8) is 0 Å². The number of amides is 1. The number of nitrogens with zero attached hydrogens (tertiary/aromatic N) is 1. The Bertz CT molecular complexity index is 649. The summed E-state index contributed by atoms with van der Waals surface area (Å²) in [4.78, 5) is 11.9. The van der Waals surface area contributed by atoms with Crippen LogP contribution >= 0.6 is 0 Å². The van der Waals surface area contributed by atoms with Gasteiger partial charge < -0.3 is 9.73 Å². The molecule has 0 atom stereocenters. The smallest absolute Gasteiger partial charge is 0.266 e. The van der Waals surface area contributed by atoms with Gasteiger partial charge in [-0.15, -0.1) is 0 Å². The summed E-state index contributed by atoms with van der Waals surface area (Å²) in [5, 5.41) is 11.7. The van der Waals surface area contributed by atoms with Crippen molar-refractivity contribution in [1.82, 2.24) is 0 Å². The number of furan rings is 1. The Balaban J connectivity index is 2.17. The summed E-state index contributed by atoms with van der Waals surface area (Å²) < 4.78 is 5.08. The Morgan fingerprint density at radius 2 is 2.21 bits per heavy atom. The number of carbonyl (C=O) groups is 1. The molecule has 2 rings (SSSR count). The molecule has 0 aliphatic heterocycles. The predicted molar refractivity (Wildman–Crippen MR) is 72.1 cm³/mol. The van der Waals surface area contributed by atoms with Gasteiger partial charge in [-0.1, -0.05) is 12.1 Å². The van der Waals surface area contributed by atoms with Crippen LogP contribution in [0, 0.1) is 18.3 Å². The average molecular weight is 252 g/mol. The summed E-state index contributed by atoms with van der Waals surface area (Å²) in [7, 11) is 0. The van der Waals surface area contributed by atoms with E-state index in [4.69, 9.17) is 9.68 Å². The molecule has 1 aromatic heterocycles. The van der Waals surface area contributed by atoms with Crippen LogP contribution in [0.3, 0.4) is 0 Å². The lowest BCUT2D eigenvalue weighted by Gasteiger charge is -2.04. The lowest BCUT2D eigenvalue weighted by Crippen LogP contribution is -2.13. The van der Waals surface area contributed by atoms with Crippen molar-refractivity contribution in [2.45, 2.75) is 6.92 Å². The van der Waals surface area contributed by atoms with Gasteiger partial charge in [-0.2, -0.15) is 5.26 Å². The summed E-state index contributed by atoms with van der Waals surface area (Å²) in [6.45, 7) is 1.93. The molecule has 1 heterocycles. The molecule has 0 saturated heterocycles. The number of hydrogen-bond donors (Lipinski definition) is 1. The molecule has 1 aromatic carbocycles. The predicted octanol–water partition coefficient (Wildman–Crippen LogP) is 3.13. The molecule has 94 valence electrons. The Morgan fingerprint density at radius 3 is 2.84 bits per heavy atom. The zero-order chi connectivity index (χ0) is 13.7. The highest BCUT2D eigenvalue weighted by atomic mass is 16.3. The van der Waals surface area contributed by atoms with E-state index in [-0.39, 0.29) is 5.57 Å². The SMILES string of the molecule is Cc1cccc(NC(=O)/C(C#N)=C\c2ccco2)c1. The van der Waals surface area contributed by atoms with Gasteiger partial charge in [-0.25, -0.2) is 0 Å². The fraction of sp³-hybridized carbons (Fsp3) is 0.0667. The molecule has 0 unspecified atom stereocenters. The highest BCUT2D eigenvalue weighted by Gasteiger charge is 2.10. The van der Waals surface area contributed by atoms with Gasteiger partial charge in [0.1, 0.15) is 17.4 Å². The minimum Gasteiger partial charge on any atom is -0.465 e. The van der Waals surface area contributed by atoms with E-state index in [1.165, 1.54) is 12.3 Å². The van der Waals surface area contributed by atoms with E-state index < -0.39 is 5.91 Å². The number of anilines is 1. The Kier molecular flexibility index (Phi) is 3.79. The van der Waals surface area contributed by atoms with E-state index in [1.54, 1.807) is 18.2 Å². The zero-order valence-electron chi connectivity index (χ0n) is 10.4. The monoisotopic (exact) mass is 252 g/mol. The van der Waals surface area contributed by atoms with Crippen LogP contribution in [0.2, 0.25) is 0 Å². The van der Waals surface area contributed by atoms with Crippen LogP contribution < -0.4 is 5.32 Å². The van der Waals surface area contributed by atoms with Crippen molar-refractivity contribution in [1.29, 1.82) is 5.26 Å². The minimum absolute atomic E-state index is 0.00328. The summed E-state index contributed by atoms with van der Waals surface area (Å²) in [5.74, 6) is 0.0143. The number of carbonyl (C=O) groups excluding carboxylic acids is 1. The van der Waals surface area contributed by atoms with Gasteiger partial charge in [-0.3, -0.25) is 4.79 Å². The summed E-state index contributed by atoms with van der Waals surface area (Å²) >= 11 is 0. The van der Waals surface area contributed by atoms with Gasteiger partial charge in [0.2, 0.25) is 0 Å². The van der Waals surface area contributed by atoms with Crippen LogP contribution in [-0.2, 0) is 4.79 Å². The quantitative estimate of drug-likeness (QED) is 0.674. The second-order valence-electron chi connectivity index (χ2n) is 4.01. The van der Waals surface area contributed by atoms with E-state index >= 15 is 0 Å². The normalized spacial score (nSPS) is 10.8. The van der Waals surface area contributed by atoms with Gasteiger partial charge in [-0.05, 0) is 36.8 Å². The molecule has 0 spiro atoms. The average Bonchev–Trinajstić information content (AvgIpc) is 2.88. The maximum absolute atomic E-state index is 11.9.